The van der Waals surface area contributed by atoms with Gasteiger partial charge in [0.15, 0.2) is 0 Å². The zero-order valence-corrected chi connectivity index (χ0v) is 15.9. The minimum absolute atomic E-state index is 0.128. The van der Waals surface area contributed by atoms with Crippen LogP contribution in [0.1, 0.15) is 36.1 Å². The van der Waals surface area contributed by atoms with Crippen molar-refractivity contribution in [3.63, 3.8) is 0 Å². The SMILES string of the molecule is Oc1ccccc1CCC12CCC3=Cc4c(cnn4-c4ccc(F)cc4)CC31O2. The molecule has 1 N–H and O–H groups in total. The molecule has 2 heterocycles. The molecule has 29 heavy (non-hydrogen) atoms. The van der Waals surface area contributed by atoms with E-state index in [9.17, 15) is 9.50 Å². The molecule has 1 saturated heterocycles. The largest absolute Gasteiger partial charge is 0.508 e. The van der Waals surface area contributed by atoms with Gasteiger partial charge in [-0.25, -0.2) is 9.07 Å². The lowest BCUT2D eigenvalue weighted by Crippen LogP contribution is -2.27. The average molecular weight is 388 g/mol. The van der Waals surface area contributed by atoms with Gasteiger partial charge in [0.2, 0.25) is 0 Å². The summed E-state index contributed by atoms with van der Waals surface area (Å²) in [6.45, 7) is 0. The van der Waals surface area contributed by atoms with E-state index in [1.165, 1.54) is 23.3 Å². The maximum Gasteiger partial charge on any atom is 0.123 e. The number of halogens is 1. The predicted octanol–water partition coefficient (Wildman–Crippen LogP) is 4.59. The summed E-state index contributed by atoms with van der Waals surface area (Å²) in [5.41, 5.74) is 5.09. The number of ether oxygens (including phenoxy) is 1. The van der Waals surface area contributed by atoms with Crippen LogP contribution in [-0.2, 0) is 17.6 Å². The molecular weight excluding hydrogens is 367 g/mol. The Morgan fingerprint density at radius 1 is 1.14 bits per heavy atom. The van der Waals surface area contributed by atoms with Crippen LogP contribution in [0.5, 0.6) is 5.75 Å². The third-order valence-electron chi connectivity index (χ3n) is 6.88. The Hall–Kier alpha value is -2.92. The number of fused-ring (bicyclic) bond motifs is 1. The summed E-state index contributed by atoms with van der Waals surface area (Å²) in [7, 11) is 0. The first kappa shape index (κ1) is 17.0. The molecule has 2 aliphatic carbocycles. The molecule has 2 aromatic carbocycles. The van der Waals surface area contributed by atoms with Crippen LogP contribution in [0.4, 0.5) is 4.39 Å². The van der Waals surface area contributed by atoms with E-state index in [0.717, 1.165) is 49.0 Å². The second-order valence-electron chi connectivity index (χ2n) is 8.34. The Labute approximate surface area is 168 Å². The van der Waals surface area contributed by atoms with Gasteiger partial charge in [-0.3, -0.25) is 0 Å². The molecule has 0 amide bonds. The summed E-state index contributed by atoms with van der Waals surface area (Å²) in [5.74, 6) is 0.113. The second-order valence-corrected chi connectivity index (χ2v) is 8.34. The van der Waals surface area contributed by atoms with Crippen molar-refractivity contribution in [1.29, 1.82) is 0 Å². The summed E-state index contributed by atoms with van der Waals surface area (Å²) >= 11 is 0. The molecule has 1 aromatic heterocycles. The average Bonchev–Trinajstić information content (AvgIpc) is 3.01. The molecule has 1 aliphatic heterocycles. The standard InChI is InChI=1S/C24H21FN2O2/c25-19-5-7-20(8-6-19)27-21-13-18-10-12-23(11-9-16-3-1-2-4-22(16)28)24(18,29-23)14-17(21)15-26-27/h1-8,13,15,28H,9-12,14H2. The number of hydrogen-bond acceptors (Lipinski definition) is 3. The van der Waals surface area contributed by atoms with Crippen LogP contribution < -0.4 is 0 Å². The van der Waals surface area contributed by atoms with Crippen molar-refractivity contribution in [2.75, 3.05) is 0 Å². The van der Waals surface area contributed by atoms with Gasteiger partial charge < -0.3 is 9.84 Å². The predicted molar refractivity (Wildman–Crippen MR) is 107 cm³/mol. The lowest BCUT2D eigenvalue weighted by atomic mass is 9.81. The van der Waals surface area contributed by atoms with Gasteiger partial charge in [0.1, 0.15) is 22.8 Å². The van der Waals surface area contributed by atoms with E-state index >= 15 is 0 Å². The van der Waals surface area contributed by atoms with Crippen LogP contribution >= 0.6 is 0 Å². The van der Waals surface area contributed by atoms with Gasteiger partial charge in [0.25, 0.3) is 0 Å². The highest BCUT2D eigenvalue weighted by Crippen LogP contribution is 2.67. The Balaban J connectivity index is 1.29. The molecular formula is C24H21FN2O2. The Bertz CT molecular complexity index is 1150. The van der Waals surface area contributed by atoms with Crippen LogP contribution in [0.2, 0.25) is 0 Å². The highest BCUT2D eigenvalue weighted by molar-refractivity contribution is 5.66. The minimum Gasteiger partial charge on any atom is -0.508 e. The highest BCUT2D eigenvalue weighted by atomic mass is 19.1. The summed E-state index contributed by atoms with van der Waals surface area (Å²) in [6.07, 6.45) is 8.72. The monoisotopic (exact) mass is 388 g/mol. The van der Waals surface area contributed by atoms with E-state index in [-0.39, 0.29) is 17.0 Å². The molecule has 146 valence electrons. The number of aryl methyl sites for hydroxylation is 1. The molecule has 2 fully saturated rings. The number of hydrogen-bond donors (Lipinski definition) is 1. The van der Waals surface area contributed by atoms with Crippen molar-refractivity contribution in [3.05, 3.63) is 82.9 Å². The number of aromatic hydroxyl groups is 1. The molecule has 3 aliphatic rings. The maximum absolute atomic E-state index is 13.3. The van der Waals surface area contributed by atoms with Crippen molar-refractivity contribution in [1.82, 2.24) is 9.78 Å². The van der Waals surface area contributed by atoms with E-state index in [1.54, 1.807) is 18.2 Å². The topological polar surface area (TPSA) is 50.6 Å². The third kappa shape index (κ3) is 2.37. The molecule has 3 aromatic rings. The number of nitrogens with zero attached hydrogens (tertiary/aromatic N) is 2. The van der Waals surface area contributed by atoms with Crippen LogP contribution in [0.25, 0.3) is 11.8 Å². The number of epoxide rings is 1. The fraction of sp³-hybridized carbons (Fsp3) is 0.292. The van der Waals surface area contributed by atoms with Crippen molar-refractivity contribution < 1.29 is 14.2 Å². The van der Waals surface area contributed by atoms with Crippen molar-refractivity contribution >= 4 is 6.08 Å². The van der Waals surface area contributed by atoms with Gasteiger partial charge in [0.05, 0.1) is 17.6 Å². The zero-order valence-electron chi connectivity index (χ0n) is 15.9. The number of phenols is 1. The van der Waals surface area contributed by atoms with E-state index in [4.69, 9.17) is 4.74 Å². The normalized spacial score (nSPS) is 26.4. The van der Waals surface area contributed by atoms with Crippen LogP contribution in [0, 0.1) is 5.82 Å². The van der Waals surface area contributed by atoms with Crippen LogP contribution in [0.3, 0.4) is 0 Å². The molecule has 0 bridgehead atoms. The van der Waals surface area contributed by atoms with E-state index in [2.05, 4.69) is 11.2 Å². The van der Waals surface area contributed by atoms with Crippen molar-refractivity contribution in [2.45, 2.75) is 43.3 Å². The summed E-state index contributed by atoms with van der Waals surface area (Å²) < 4.78 is 21.6. The van der Waals surface area contributed by atoms with Gasteiger partial charge in [-0.15, -0.1) is 0 Å². The molecule has 2 atom stereocenters. The molecule has 6 rings (SSSR count). The number of rotatable bonds is 4. The number of benzene rings is 2. The Morgan fingerprint density at radius 3 is 2.79 bits per heavy atom. The molecule has 0 radical (unpaired) electrons. The van der Waals surface area contributed by atoms with Gasteiger partial charge in [-0.1, -0.05) is 18.2 Å². The quantitative estimate of drug-likeness (QED) is 0.665. The fourth-order valence-corrected chi connectivity index (χ4v) is 5.30. The smallest absolute Gasteiger partial charge is 0.123 e. The Morgan fingerprint density at radius 2 is 1.97 bits per heavy atom. The van der Waals surface area contributed by atoms with Crippen molar-refractivity contribution in [2.24, 2.45) is 0 Å². The van der Waals surface area contributed by atoms with Gasteiger partial charge in [-0.2, -0.15) is 5.10 Å². The lowest BCUT2D eigenvalue weighted by molar-refractivity contribution is 0.234. The maximum atomic E-state index is 13.3. The van der Waals surface area contributed by atoms with E-state index < -0.39 is 0 Å². The minimum atomic E-state index is -0.247. The first-order valence-electron chi connectivity index (χ1n) is 10.1. The van der Waals surface area contributed by atoms with Crippen molar-refractivity contribution in [3.8, 4) is 11.4 Å². The summed E-state index contributed by atoms with van der Waals surface area (Å²) in [4.78, 5) is 0. The zero-order chi connectivity index (χ0) is 19.6. The highest BCUT2D eigenvalue weighted by Gasteiger charge is 2.74. The van der Waals surface area contributed by atoms with Crippen LogP contribution in [0.15, 0.2) is 60.3 Å². The van der Waals surface area contributed by atoms with Gasteiger partial charge >= 0.3 is 0 Å². The lowest BCUT2D eigenvalue weighted by Gasteiger charge is -2.20. The van der Waals surface area contributed by atoms with E-state index in [1.807, 2.05) is 29.1 Å². The third-order valence-corrected chi connectivity index (χ3v) is 6.88. The number of aromatic nitrogens is 2. The summed E-state index contributed by atoms with van der Waals surface area (Å²) in [5, 5.41) is 14.6. The first-order chi connectivity index (χ1) is 14.1. The molecule has 5 heteroatoms. The molecule has 2 unspecified atom stereocenters. The number of para-hydroxylation sites is 1. The summed E-state index contributed by atoms with van der Waals surface area (Å²) in [6, 6.07) is 14.0. The number of phenolic OH excluding ortho intramolecular Hbond substituents is 1. The molecule has 1 spiro atoms. The second kappa shape index (κ2) is 5.80. The van der Waals surface area contributed by atoms with Gasteiger partial charge in [-0.05, 0) is 73.2 Å². The van der Waals surface area contributed by atoms with Gasteiger partial charge in [0, 0.05) is 12.0 Å². The first-order valence-corrected chi connectivity index (χ1v) is 10.1. The van der Waals surface area contributed by atoms with Crippen LogP contribution in [-0.4, -0.2) is 26.1 Å². The van der Waals surface area contributed by atoms with E-state index in [0.29, 0.717) is 5.75 Å². The fourth-order valence-electron chi connectivity index (χ4n) is 5.30. The molecule has 4 nitrogen and oxygen atoms in total. The molecule has 1 saturated carbocycles. The Kier molecular flexibility index (Phi) is 3.40.